The van der Waals surface area contributed by atoms with Crippen LogP contribution in [-0.4, -0.2) is 29.8 Å². The van der Waals surface area contributed by atoms with Crippen LogP contribution in [0, 0.1) is 0 Å². The molecule has 2 rings (SSSR count). The van der Waals surface area contributed by atoms with Crippen LogP contribution in [0.1, 0.15) is 18.1 Å². The number of hydrogen-bond acceptors (Lipinski definition) is 2. The summed E-state index contributed by atoms with van der Waals surface area (Å²) >= 11 is 12.0. The first-order chi connectivity index (χ1) is 11.9. The van der Waals surface area contributed by atoms with Crippen LogP contribution in [0.15, 0.2) is 48.5 Å². The molecule has 0 fully saturated rings. The molecule has 132 valence electrons. The van der Waals surface area contributed by atoms with Gasteiger partial charge in [-0.1, -0.05) is 47.5 Å². The maximum Gasteiger partial charge on any atom is 0.242 e. The Morgan fingerprint density at radius 3 is 2.16 bits per heavy atom. The molecule has 0 heterocycles. The lowest BCUT2D eigenvalue weighted by molar-refractivity contribution is -0.139. The summed E-state index contributed by atoms with van der Waals surface area (Å²) in [7, 11) is 1.55. The van der Waals surface area contributed by atoms with Crippen LogP contribution in [0.5, 0.6) is 0 Å². The monoisotopic (exact) mass is 378 g/mol. The third kappa shape index (κ3) is 5.48. The van der Waals surface area contributed by atoms with E-state index >= 15 is 0 Å². The summed E-state index contributed by atoms with van der Waals surface area (Å²) in [6.45, 7) is 2.01. The van der Waals surface area contributed by atoms with E-state index in [1.54, 1.807) is 49.2 Å². The van der Waals surface area contributed by atoms with Gasteiger partial charge in [-0.25, -0.2) is 0 Å². The second-order valence-corrected chi connectivity index (χ2v) is 6.62. The van der Waals surface area contributed by atoms with Crippen LogP contribution in [0.3, 0.4) is 0 Å². The lowest BCUT2D eigenvalue weighted by Crippen LogP contribution is -2.47. The molecule has 1 N–H and O–H groups in total. The predicted octanol–water partition coefficient (Wildman–Crippen LogP) is 3.70. The van der Waals surface area contributed by atoms with Crippen molar-refractivity contribution in [2.75, 3.05) is 7.05 Å². The van der Waals surface area contributed by atoms with E-state index in [9.17, 15) is 9.59 Å². The minimum atomic E-state index is -0.601. The normalized spacial score (nSPS) is 11.7. The van der Waals surface area contributed by atoms with Gasteiger partial charge in [-0.3, -0.25) is 9.59 Å². The van der Waals surface area contributed by atoms with Crippen molar-refractivity contribution in [1.29, 1.82) is 0 Å². The summed E-state index contributed by atoms with van der Waals surface area (Å²) in [5, 5.41) is 3.76. The molecule has 0 aromatic heterocycles. The molecule has 2 aromatic rings. The summed E-state index contributed by atoms with van der Waals surface area (Å²) in [5.41, 5.74) is 1.67. The maximum atomic E-state index is 12.8. The van der Waals surface area contributed by atoms with Gasteiger partial charge in [0, 0.05) is 23.6 Å². The smallest absolute Gasteiger partial charge is 0.242 e. The van der Waals surface area contributed by atoms with E-state index < -0.39 is 6.04 Å². The van der Waals surface area contributed by atoms with E-state index in [4.69, 9.17) is 23.2 Å². The first kappa shape index (κ1) is 19.3. The molecule has 0 unspecified atom stereocenters. The Labute approximate surface area is 157 Å². The predicted molar refractivity (Wildman–Crippen MR) is 101 cm³/mol. The molecule has 0 saturated heterocycles. The van der Waals surface area contributed by atoms with Gasteiger partial charge in [-0.15, -0.1) is 0 Å². The Morgan fingerprint density at radius 2 is 1.60 bits per heavy atom. The van der Waals surface area contributed by atoms with Gasteiger partial charge in [-0.05, 0) is 42.3 Å². The number of carbonyl (C=O) groups is 2. The van der Waals surface area contributed by atoms with E-state index in [-0.39, 0.29) is 18.2 Å². The largest absolute Gasteiger partial charge is 0.357 e. The van der Waals surface area contributed by atoms with Gasteiger partial charge in [0.05, 0.1) is 6.42 Å². The van der Waals surface area contributed by atoms with Crippen LogP contribution in [0.4, 0.5) is 0 Å². The van der Waals surface area contributed by atoms with E-state index in [1.165, 1.54) is 0 Å². The zero-order valence-corrected chi connectivity index (χ0v) is 15.6. The number of carbonyl (C=O) groups excluding carboxylic acids is 2. The summed E-state index contributed by atoms with van der Waals surface area (Å²) < 4.78 is 0. The minimum absolute atomic E-state index is 0.154. The van der Waals surface area contributed by atoms with Crippen LogP contribution in [0.25, 0.3) is 0 Å². The van der Waals surface area contributed by atoms with Crippen molar-refractivity contribution in [3.63, 3.8) is 0 Å². The first-order valence-corrected chi connectivity index (χ1v) is 8.66. The molecule has 0 bridgehead atoms. The highest BCUT2D eigenvalue weighted by Crippen LogP contribution is 2.17. The molecule has 6 heteroatoms. The molecular weight excluding hydrogens is 359 g/mol. The number of nitrogens with one attached hydrogen (secondary N) is 1. The Morgan fingerprint density at radius 1 is 1.04 bits per heavy atom. The topological polar surface area (TPSA) is 49.4 Å². The lowest BCUT2D eigenvalue weighted by Gasteiger charge is -2.28. The van der Waals surface area contributed by atoms with Crippen molar-refractivity contribution in [2.45, 2.75) is 25.9 Å². The van der Waals surface area contributed by atoms with Crippen molar-refractivity contribution in [1.82, 2.24) is 10.2 Å². The number of amides is 2. The van der Waals surface area contributed by atoms with Gasteiger partial charge in [0.25, 0.3) is 0 Å². The Kier molecular flexibility index (Phi) is 6.85. The summed E-state index contributed by atoms with van der Waals surface area (Å²) in [5.74, 6) is -0.375. The second-order valence-electron chi connectivity index (χ2n) is 5.75. The number of nitrogens with zero attached hydrogens (tertiary/aromatic N) is 1. The fourth-order valence-electron chi connectivity index (χ4n) is 2.55. The molecule has 2 amide bonds. The highest BCUT2D eigenvalue weighted by atomic mass is 35.5. The SMILES string of the molecule is CNC(=O)[C@@H](C)N(Cc1cccc(Cl)c1)C(=O)Cc1cccc(Cl)c1. The second kappa shape index (κ2) is 8.88. The van der Waals surface area contributed by atoms with Crippen LogP contribution in [0.2, 0.25) is 10.0 Å². The number of halogens is 2. The Bertz CT molecular complexity index is 765. The fourth-order valence-corrected chi connectivity index (χ4v) is 2.97. The van der Waals surface area contributed by atoms with E-state index in [0.29, 0.717) is 16.6 Å². The Balaban J connectivity index is 2.23. The molecule has 1 atom stereocenters. The van der Waals surface area contributed by atoms with Crippen molar-refractivity contribution < 1.29 is 9.59 Å². The minimum Gasteiger partial charge on any atom is -0.357 e. The molecule has 0 aliphatic rings. The van der Waals surface area contributed by atoms with Crippen LogP contribution < -0.4 is 5.32 Å². The van der Waals surface area contributed by atoms with Crippen molar-refractivity contribution >= 4 is 35.0 Å². The summed E-state index contributed by atoms with van der Waals surface area (Å²) in [6.07, 6.45) is 0.169. The fraction of sp³-hybridized carbons (Fsp3) is 0.263. The zero-order valence-electron chi connectivity index (χ0n) is 14.1. The zero-order chi connectivity index (χ0) is 18.4. The van der Waals surface area contributed by atoms with E-state index in [1.807, 2.05) is 18.2 Å². The van der Waals surface area contributed by atoms with Crippen molar-refractivity contribution in [3.8, 4) is 0 Å². The van der Waals surface area contributed by atoms with Gasteiger partial charge >= 0.3 is 0 Å². The summed E-state index contributed by atoms with van der Waals surface area (Å²) in [4.78, 5) is 26.5. The molecule has 2 aromatic carbocycles. The van der Waals surface area contributed by atoms with Crippen LogP contribution in [-0.2, 0) is 22.6 Å². The highest BCUT2D eigenvalue weighted by Gasteiger charge is 2.25. The van der Waals surface area contributed by atoms with Gasteiger partial charge in [-0.2, -0.15) is 0 Å². The number of likely N-dealkylation sites (N-methyl/N-ethyl adjacent to an activating group) is 1. The first-order valence-electron chi connectivity index (χ1n) is 7.90. The van der Waals surface area contributed by atoms with Gasteiger partial charge in [0.15, 0.2) is 0 Å². The van der Waals surface area contributed by atoms with Gasteiger partial charge < -0.3 is 10.2 Å². The molecule has 0 spiro atoms. The van der Waals surface area contributed by atoms with Gasteiger partial charge in [0.1, 0.15) is 6.04 Å². The van der Waals surface area contributed by atoms with Gasteiger partial charge in [0.2, 0.25) is 11.8 Å². The average Bonchev–Trinajstić information content (AvgIpc) is 2.58. The van der Waals surface area contributed by atoms with Crippen LogP contribution >= 0.6 is 23.2 Å². The van der Waals surface area contributed by atoms with Crippen molar-refractivity contribution in [2.24, 2.45) is 0 Å². The average molecular weight is 379 g/mol. The third-order valence-electron chi connectivity index (χ3n) is 3.90. The Hall–Kier alpha value is -2.04. The standard InChI is InChI=1S/C19H20Cl2N2O2/c1-13(19(25)22-2)23(12-15-6-4-8-17(21)10-15)18(24)11-14-5-3-7-16(20)9-14/h3-10,13H,11-12H2,1-2H3,(H,22,25)/t13-/m1/s1. The highest BCUT2D eigenvalue weighted by molar-refractivity contribution is 6.30. The molecule has 0 aliphatic carbocycles. The molecule has 4 nitrogen and oxygen atoms in total. The van der Waals surface area contributed by atoms with E-state index in [2.05, 4.69) is 5.32 Å². The number of hydrogen-bond donors (Lipinski definition) is 1. The van der Waals surface area contributed by atoms with Crippen molar-refractivity contribution in [3.05, 3.63) is 69.7 Å². The molecule has 0 radical (unpaired) electrons. The quantitative estimate of drug-likeness (QED) is 0.832. The molecular formula is C19H20Cl2N2O2. The molecule has 0 saturated carbocycles. The number of benzene rings is 2. The third-order valence-corrected chi connectivity index (χ3v) is 4.37. The summed E-state index contributed by atoms with van der Waals surface area (Å²) in [6, 6.07) is 13.8. The lowest BCUT2D eigenvalue weighted by atomic mass is 10.1. The molecule has 25 heavy (non-hydrogen) atoms. The maximum absolute atomic E-state index is 12.8. The molecule has 0 aliphatic heterocycles. The number of rotatable bonds is 6. The van der Waals surface area contributed by atoms with E-state index in [0.717, 1.165) is 11.1 Å².